The van der Waals surface area contributed by atoms with Gasteiger partial charge >= 0.3 is 5.97 Å². The Bertz CT molecular complexity index is 646. The third-order valence-corrected chi connectivity index (χ3v) is 4.12. The lowest BCUT2D eigenvalue weighted by molar-refractivity contribution is -0.136. The Kier molecular flexibility index (Phi) is 5.28. The van der Waals surface area contributed by atoms with Gasteiger partial charge < -0.3 is 9.67 Å². The summed E-state index contributed by atoms with van der Waals surface area (Å²) in [4.78, 5) is 11.9. The molecule has 2 aromatic rings. The zero-order valence-electron chi connectivity index (χ0n) is 12.2. The van der Waals surface area contributed by atoms with E-state index in [1.54, 1.807) is 6.92 Å². The highest BCUT2D eigenvalue weighted by atomic mass is 32.2. The Morgan fingerprint density at radius 1 is 1.43 bits per heavy atom. The van der Waals surface area contributed by atoms with Crippen LogP contribution in [0.15, 0.2) is 53.7 Å². The maximum absolute atomic E-state index is 10.9. The number of nitrogens with zero attached hydrogens (tertiary/aromatic N) is 1. The van der Waals surface area contributed by atoms with Crippen LogP contribution in [-0.4, -0.2) is 20.9 Å². The van der Waals surface area contributed by atoms with Gasteiger partial charge in [0.05, 0.1) is 0 Å². The van der Waals surface area contributed by atoms with Crippen molar-refractivity contribution in [1.29, 1.82) is 0 Å². The van der Waals surface area contributed by atoms with Crippen LogP contribution < -0.4 is 0 Å². The van der Waals surface area contributed by atoms with Gasteiger partial charge in [0.25, 0.3) is 0 Å². The van der Waals surface area contributed by atoms with Gasteiger partial charge in [-0.05, 0) is 43.2 Å². The van der Waals surface area contributed by atoms with Gasteiger partial charge in [0.15, 0.2) is 0 Å². The van der Waals surface area contributed by atoms with Crippen molar-refractivity contribution >= 4 is 23.8 Å². The highest BCUT2D eigenvalue weighted by Gasteiger charge is 2.11. The van der Waals surface area contributed by atoms with E-state index in [0.717, 1.165) is 17.0 Å². The third kappa shape index (κ3) is 4.83. The number of thioether (sulfide) groups is 1. The molecule has 21 heavy (non-hydrogen) atoms. The largest absolute Gasteiger partial charge is 0.480 e. The molecule has 1 atom stereocenters. The van der Waals surface area contributed by atoms with Crippen LogP contribution in [-0.2, 0) is 11.3 Å². The topological polar surface area (TPSA) is 42.2 Å². The van der Waals surface area contributed by atoms with E-state index in [2.05, 4.69) is 42.1 Å². The SMILES string of the molecule is Cc1ccn(C/C=C/c2cccc(SC(C)C(=O)O)c2)c1. The molecule has 110 valence electrons. The van der Waals surface area contributed by atoms with Crippen molar-refractivity contribution in [2.24, 2.45) is 0 Å². The van der Waals surface area contributed by atoms with Gasteiger partial charge in [-0.15, -0.1) is 11.8 Å². The van der Waals surface area contributed by atoms with E-state index in [4.69, 9.17) is 5.11 Å². The first-order valence-corrected chi connectivity index (χ1v) is 7.71. The van der Waals surface area contributed by atoms with Crippen LogP contribution in [0.2, 0.25) is 0 Å². The molecular weight excluding hydrogens is 282 g/mol. The van der Waals surface area contributed by atoms with Crippen LogP contribution in [0.4, 0.5) is 0 Å². The molecule has 0 aliphatic rings. The van der Waals surface area contributed by atoms with Gasteiger partial charge in [-0.3, -0.25) is 4.79 Å². The molecule has 1 heterocycles. The fraction of sp³-hybridized carbons (Fsp3) is 0.235. The second kappa shape index (κ2) is 7.18. The molecule has 2 rings (SSSR count). The monoisotopic (exact) mass is 301 g/mol. The molecule has 0 aliphatic heterocycles. The maximum atomic E-state index is 10.9. The van der Waals surface area contributed by atoms with Crippen LogP contribution in [0.5, 0.6) is 0 Å². The second-order valence-corrected chi connectivity index (χ2v) is 6.37. The van der Waals surface area contributed by atoms with E-state index in [0.29, 0.717) is 0 Å². The molecule has 3 nitrogen and oxygen atoms in total. The summed E-state index contributed by atoms with van der Waals surface area (Å²) in [6.45, 7) is 4.60. The minimum atomic E-state index is -0.788. The minimum absolute atomic E-state index is 0.438. The molecule has 0 aliphatic carbocycles. The van der Waals surface area contributed by atoms with Gasteiger partial charge in [-0.1, -0.05) is 24.3 Å². The summed E-state index contributed by atoms with van der Waals surface area (Å²) in [7, 11) is 0. The van der Waals surface area contributed by atoms with Crippen LogP contribution in [0.3, 0.4) is 0 Å². The van der Waals surface area contributed by atoms with E-state index in [-0.39, 0.29) is 0 Å². The fourth-order valence-electron chi connectivity index (χ4n) is 1.93. The first kappa shape index (κ1) is 15.4. The van der Waals surface area contributed by atoms with Crippen molar-refractivity contribution in [2.75, 3.05) is 0 Å². The molecule has 0 fully saturated rings. The average molecular weight is 301 g/mol. The standard InChI is InChI=1S/C17H19NO2S/c1-13-8-10-18(12-13)9-4-6-15-5-3-7-16(11-15)21-14(2)17(19)20/h3-8,10-12,14H,9H2,1-2H3,(H,19,20)/b6-4+. The molecule has 0 spiro atoms. The molecule has 0 saturated carbocycles. The molecule has 0 amide bonds. The summed E-state index contributed by atoms with van der Waals surface area (Å²) >= 11 is 1.36. The quantitative estimate of drug-likeness (QED) is 0.818. The molecule has 0 radical (unpaired) electrons. The lowest BCUT2D eigenvalue weighted by Gasteiger charge is -2.06. The Labute approximate surface area is 129 Å². The molecule has 4 heteroatoms. The second-order valence-electron chi connectivity index (χ2n) is 4.96. The summed E-state index contributed by atoms with van der Waals surface area (Å²) in [5, 5.41) is 8.51. The Hall–Kier alpha value is -1.94. The number of aryl methyl sites for hydroxylation is 1. The number of carboxylic acids is 1. The zero-order valence-corrected chi connectivity index (χ0v) is 13.0. The van der Waals surface area contributed by atoms with Crippen LogP contribution in [0, 0.1) is 6.92 Å². The number of rotatable bonds is 6. The van der Waals surface area contributed by atoms with Gasteiger partial charge in [0.1, 0.15) is 5.25 Å². The minimum Gasteiger partial charge on any atom is -0.480 e. The van der Waals surface area contributed by atoms with Crippen LogP contribution in [0.1, 0.15) is 18.1 Å². The number of allylic oxidation sites excluding steroid dienone is 1. The molecule has 1 aromatic carbocycles. The van der Waals surface area contributed by atoms with Gasteiger partial charge in [0, 0.05) is 23.8 Å². The molecule has 1 aromatic heterocycles. The van der Waals surface area contributed by atoms with Crippen molar-refractivity contribution in [2.45, 2.75) is 30.5 Å². The normalized spacial score (nSPS) is 12.7. The van der Waals surface area contributed by atoms with Gasteiger partial charge in [-0.2, -0.15) is 0 Å². The number of benzene rings is 1. The molecule has 1 unspecified atom stereocenters. The van der Waals surface area contributed by atoms with E-state index >= 15 is 0 Å². The average Bonchev–Trinajstić information content (AvgIpc) is 2.85. The van der Waals surface area contributed by atoms with Gasteiger partial charge in [0.2, 0.25) is 0 Å². The molecule has 1 N–H and O–H groups in total. The maximum Gasteiger partial charge on any atom is 0.316 e. The molecule has 0 bridgehead atoms. The Morgan fingerprint density at radius 3 is 2.90 bits per heavy atom. The van der Waals surface area contributed by atoms with Crippen molar-refractivity contribution in [3.8, 4) is 0 Å². The first-order chi connectivity index (χ1) is 10.0. The summed E-state index contributed by atoms with van der Waals surface area (Å²) in [6.07, 6.45) is 8.32. The zero-order chi connectivity index (χ0) is 15.2. The smallest absolute Gasteiger partial charge is 0.316 e. The van der Waals surface area contributed by atoms with Crippen molar-refractivity contribution in [3.05, 3.63) is 59.9 Å². The summed E-state index contributed by atoms with van der Waals surface area (Å²) < 4.78 is 2.12. The number of aromatic nitrogens is 1. The van der Waals surface area contributed by atoms with Crippen LogP contribution >= 0.6 is 11.8 Å². The van der Waals surface area contributed by atoms with E-state index in [1.165, 1.54) is 17.3 Å². The molecular formula is C17H19NO2S. The fourth-order valence-corrected chi connectivity index (χ4v) is 2.80. The predicted molar refractivity (Wildman–Crippen MR) is 87.6 cm³/mol. The number of hydrogen-bond donors (Lipinski definition) is 1. The Balaban J connectivity index is 1.98. The van der Waals surface area contributed by atoms with Crippen molar-refractivity contribution in [3.63, 3.8) is 0 Å². The predicted octanol–water partition coefficient (Wildman–Crippen LogP) is 4.08. The Morgan fingerprint density at radius 2 is 2.24 bits per heavy atom. The summed E-state index contributed by atoms with van der Waals surface area (Å²) in [5.41, 5.74) is 2.34. The third-order valence-electron chi connectivity index (χ3n) is 3.04. The lowest BCUT2D eigenvalue weighted by Crippen LogP contribution is -2.10. The van der Waals surface area contributed by atoms with Crippen molar-refractivity contribution < 1.29 is 9.90 Å². The van der Waals surface area contributed by atoms with E-state index in [1.807, 2.05) is 24.3 Å². The number of hydrogen-bond acceptors (Lipinski definition) is 2. The molecule has 0 saturated heterocycles. The van der Waals surface area contributed by atoms with Crippen LogP contribution in [0.25, 0.3) is 6.08 Å². The van der Waals surface area contributed by atoms with Crippen molar-refractivity contribution in [1.82, 2.24) is 4.57 Å². The number of carbonyl (C=O) groups is 1. The first-order valence-electron chi connectivity index (χ1n) is 6.83. The highest BCUT2D eigenvalue weighted by molar-refractivity contribution is 8.00. The van der Waals surface area contributed by atoms with E-state index in [9.17, 15) is 4.79 Å². The number of aliphatic carboxylic acids is 1. The highest BCUT2D eigenvalue weighted by Crippen LogP contribution is 2.24. The number of carboxylic acid groups (broad SMARTS) is 1. The summed E-state index contributed by atoms with van der Waals surface area (Å²) in [5.74, 6) is -0.788. The van der Waals surface area contributed by atoms with E-state index < -0.39 is 11.2 Å². The lowest BCUT2D eigenvalue weighted by atomic mass is 10.2. The summed E-state index contributed by atoms with van der Waals surface area (Å²) in [6, 6.07) is 10.0. The van der Waals surface area contributed by atoms with Gasteiger partial charge in [-0.25, -0.2) is 0 Å².